The Labute approximate surface area is 103 Å². The molecule has 2 unspecified atom stereocenters. The number of amides is 2. The van der Waals surface area contributed by atoms with Crippen molar-refractivity contribution in [2.24, 2.45) is 11.7 Å². The lowest BCUT2D eigenvalue weighted by molar-refractivity contribution is -0.135. The summed E-state index contributed by atoms with van der Waals surface area (Å²) in [5.74, 6) is 0.0470. The third kappa shape index (κ3) is 4.00. The highest BCUT2D eigenvalue weighted by molar-refractivity contribution is 5.81. The zero-order valence-electron chi connectivity index (χ0n) is 10.7. The van der Waals surface area contributed by atoms with Gasteiger partial charge in [0.05, 0.1) is 5.92 Å². The highest BCUT2D eigenvalue weighted by Gasteiger charge is 2.28. The standard InChI is InChI=1S/C12H23N3O2/c1-3-10(13)7-11(16)15-6-4-5-9(8-15)12(17)14-2/h9-10H,3-8,13H2,1-2H3,(H,14,17). The molecule has 1 fully saturated rings. The molecule has 0 aromatic carbocycles. The van der Waals surface area contributed by atoms with Gasteiger partial charge in [-0.2, -0.15) is 0 Å². The van der Waals surface area contributed by atoms with Crippen molar-refractivity contribution in [2.75, 3.05) is 20.1 Å². The summed E-state index contributed by atoms with van der Waals surface area (Å²) < 4.78 is 0. The van der Waals surface area contributed by atoms with Crippen molar-refractivity contribution >= 4 is 11.8 Å². The predicted molar refractivity (Wildman–Crippen MR) is 66.3 cm³/mol. The van der Waals surface area contributed by atoms with Crippen LogP contribution in [0.25, 0.3) is 0 Å². The van der Waals surface area contributed by atoms with Crippen molar-refractivity contribution in [1.29, 1.82) is 0 Å². The molecule has 1 saturated heterocycles. The molecule has 17 heavy (non-hydrogen) atoms. The fourth-order valence-electron chi connectivity index (χ4n) is 2.12. The first-order valence-electron chi connectivity index (χ1n) is 6.33. The topological polar surface area (TPSA) is 75.4 Å². The van der Waals surface area contributed by atoms with Gasteiger partial charge in [-0.25, -0.2) is 0 Å². The number of nitrogens with two attached hydrogens (primary N) is 1. The quantitative estimate of drug-likeness (QED) is 0.733. The van der Waals surface area contributed by atoms with Crippen LogP contribution in [0.15, 0.2) is 0 Å². The summed E-state index contributed by atoms with van der Waals surface area (Å²) in [4.78, 5) is 25.3. The lowest BCUT2D eigenvalue weighted by atomic mass is 9.96. The van der Waals surface area contributed by atoms with Crippen LogP contribution in [0, 0.1) is 5.92 Å². The summed E-state index contributed by atoms with van der Waals surface area (Å²) >= 11 is 0. The van der Waals surface area contributed by atoms with Crippen LogP contribution < -0.4 is 11.1 Å². The first-order chi connectivity index (χ1) is 8.08. The van der Waals surface area contributed by atoms with Crippen molar-refractivity contribution in [3.8, 4) is 0 Å². The average molecular weight is 241 g/mol. The minimum absolute atomic E-state index is 0.0299. The van der Waals surface area contributed by atoms with Crippen LogP contribution in [0.1, 0.15) is 32.6 Å². The normalized spacial score (nSPS) is 22.1. The first kappa shape index (κ1) is 14.0. The summed E-state index contributed by atoms with van der Waals surface area (Å²) in [7, 11) is 1.64. The van der Waals surface area contributed by atoms with Gasteiger partial charge in [0.15, 0.2) is 0 Å². The van der Waals surface area contributed by atoms with Crippen molar-refractivity contribution in [1.82, 2.24) is 10.2 Å². The van der Waals surface area contributed by atoms with Gasteiger partial charge in [0.1, 0.15) is 0 Å². The van der Waals surface area contributed by atoms with E-state index in [1.165, 1.54) is 0 Å². The third-order valence-electron chi connectivity index (χ3n) is 3.35. The van der Waals surface area contributed by atoms with Crippen molar-refractivity contribution in [3.05, 3.63) is 0 Å². The molecule has 1 rings (SSSR count). The maximum atomic E-state index is 11.9. The number of rotatable bonds is 4. The van der Waals surface area contributed by atoms with E-state index in [4.69, 9.17) is 5.73 Å². The molecule has 0 bridgehead atoms. The predicted octanol–water partition coefficient (Wildman–Crippen LogP) is 0.0984. The van der Waals surface area contributed by atoms with Crippen molar-refractivity contribution in [2.45, 2.75) is 38.6 Å². The summed E-state index contributed by atoms with van der Waals surface area (Å²) in [6.45, 7) is 3.26. The molecule has 5 heteroatoms. The Hall–Kier alpha value is -1.10. The molecular formula is C12H23N3O2. The fourth-order valence-corrected chi connectivity index (χ4v) is 2.12. The van der Waals surface area contributed by atoms with Crippen LogP contribution in [-0.2, 0) is 9.59 Å². The number of nitrogens with zero attached hydrogens (tertiary/aromatic N) is 1. The SMILES string of the molecule is CCC(N)CC(=O)N1CCCC(C(=O)NC)C1. The van der Waals surface area contributed by atoms with Gasteiger partial charge >= 0.3 is 0 Å². The fraction of sp³-hybridized carbons (Fsp3) is 0.833. The molecule has 1 aliphatic heterocycles. The molecule has 2 amide bonds. The summed E-state index contributed by atoms with van der Waals surface area (Å²) in [5.41, 5.74) is 5.77. The van der Waals surface area contributed by atoms with Crippen LogP contribution in [0.3, 0.4) is 0 Å². The number of piperidine rings is 1. The molecule has 1 heterocycles. The molecule has 0 saturated carbocycles. The monoisotopic (exact) mass is 241 g/mol. The lowest BCUT2D eigenvalue weighted by Gasteiger charge is -2.32. The largest absolute Gasteiger partial charge is 0.359 e. The summed E-state index contributed by atoms with van der Waals surface area (Å²) in [5, 5.41) is 2.64. The van der Waals surface area contributed by atoms with Gasteiger partial charge < -0.3 is 16.0 Å². The van der Waals surface area contributed by atoms with E-state index >= 15 is 0 Å². The maximum absolute atomic E-state index is 11.9. The van der Waals surface area contributed by atoms with Crippen molar-refractivity contribution < 1.29 is 9.59 Å². The highest BCUT2D eigenvalue weighted by atomic mass is 16.2. The molecule has 0 aromatic rings. The molecule has 1 aliphatic rings. The Balaban J connectivity index is 2.48. The average Bonchev–Trinajstić information content (AvgIpc) is 2.37. The molecule has 98 valence electrons. The zero-order chi connectivity index (χ0) is 12.8. The van der Waals surface area contributed by atoms with E-state index in [1.54, 1.807) is 11.9 Å². The van der Waals surface area contributed by atoms with E-state index in [0.717, 1.165) is 25.8 Å². The smallest absolute Gasteiger partial charge is 0.224 e. The van der Waals surface area contributed by atoms with E-state index in [-0.39, 0.29) is 23.8 Å². The van der Waals surface area contributed by atoms with E-state index in [2.05, 4.69) is 5.32 Å². The molecule has 0 aliphatic carbocycles. The van der Waals surface area contributed by atoms with Crippen molar-refractivity contribution in [3.63, 3.8) is 0 Å². The summed E-state index contributed by atoms with van der Waals surface area (Å²) in [6.07, 6.45) is 2.95. The van der Waals surface area contributed by atoms with Gasteiger partial charge in [0, 0.05) is 32.6 Å². The second kappa shape index (κ2) is 6.59. The molecule has 3 N–H and O–H groups in total. The maximum Gasteiger partial charge on any atom is 0.224 e. The van der Waals surface area contributed by atoms with Crippen LogP contribution in [0.2, 0.25) is 0 Å². The van der Waals surface area contributed by atoms with E-state index in [1.807, 2.05) is 6.92 Å². The molecule has 2 atom stereocenters. The first-order valence-corrected chi connectivity index (χ1v) is 6.33. The second-order valence-electron chi connectivity index (χ2n) is 4.67. The number of carbonyl (C=O) groups excluding carboxylic acids is 2. The zero-order valence-corrected chi connectivity index (χ0v) is 10.7. The van der Waals surface area contributed by atoms with Gasteiger partial charge in [0.25, 0.3) is 0 Å². The van der Waals surface area contributed by atoms with E-state index < -0.39 is 0 Å². The number of carbonyl (C=O) groups is 2. The highest BCUT2D eigenvalue weighted by Crippen LogP contribution is 2.17. The van der Waals surface area contributed by atoms with Gasteiger partial charge in [-0.05, 0) is 19.3 Å². The van der Waals surface area contributed by atoms with Crippen LogP contribution in [0.4, 0.5) is 0 Å². The minimum Gasteiger partial charge on any atom is -0.359 e. The van der Waals surface area contributed by atoms with Crippen LogP contribution in [0.5, 0.6) is 0 Å². The van der Waals surface area contributed by atoms with Gasteiger partial charge in [0.2, 0.25) is 11.8 Å². The second-order valence-corrected chi connectivity index (χ2v) is 4.67. The molecule has 0 spiro atoms. The van der Waals surface area contributed by atoms with Gasteiger partial charge in [-0.1, -0.05) is 6.92 Å². The van der Waals surface area contributed by atoms with Crippen LogP contribution >= 0.6 is 0 Å². The number of hydrogen-bond acceptors (Lipinski definition) is 3. The Kier molecular flexibility index (Phi) is 5.41. The molecular weight excluding hydrogens is 218 g/mol. The Morgan fingerprint density at radius 3 is 2.82 bits per heavy atom. The minimum atomic E-state index is -0.0668. The Morgan fingerprint density at radius 1 is 1.53 bits per heavy atom. The number of likely N-dealkylation sites (tertiary alicyclic amines) is 1. The van der Waals surface area contributed by atoms with Gasteiger partial charge in [-0.3, -0.25) is 9.59 Å². The Morgan fingerprint density at radius 2 is 2.24 bits per heavy atom. The van der Waals surface area contributed by atoms with E-state index in [0.29, 0.717) is 13.0 Å². The number of nitrogens with one attached hydrogen (secondary N) is 1. The molecule has 5 nitrogen and oxygen atoms in total. The Bertz CT molecular complexity index is 281. The van der Waals surface area contributed by atoms with Gasteiger partial charge in [-0.15, -0.1) is 0 Å². The lowest BCUT2D eigenvalue weighted by Crippen LogP contribution is -2.46. The third-order valence-corrected chi connectivity index (χ3v) is 3.35. The summed E-state index contributed by atoms with van der Waals surface area (Å²) in [6, 6.07) is -0.0668. The van der Waals surface area contributed by atoms with E-state index in [9.17, 15) is 9.59 Å². The molecule has 0 aromatic heterocycles. The number of hydrogen-bond donors (Lipinski definition) is 2. The molecule has 0 radical (unpaired) electrons. The van der Waals surface area contributed by atoms with Crippen LogP contribution in [-0.4, -0.2) is 42.9 Å².